The van der Waals surface area contributed by atoms with Crippen molar-refractivity contribution in [2.75, 3.05) is 6.61 Å². The molecule has 3 nitrogen and oxygen atoms in total. The fraction of sp³-hybridized carbons (Fsp3) is 1.00. The van der Waals surface area contributed by atoms with Crippen LogP contribution in [0.15, 0.2) is 0 Å². The second kappa shape index (κ2) is 5.10. The number of hydrogen-bond donors (Lipinski definition) is 2. The highest BCUT2D eigenvalue weighted by atomic mass is 16.5. The van der Waals surface area contributed by atoms with Crippen molar-refractivity contribution in [2.24, 2.45) is 11.3 Å². The van der Waals surface area contributed by atoms with Crippen LogP contribution in [0.3, 0.4) is 0 Å². The molecule has 1 saturated heterocycles. The molecule has 1 fully saturated rings. The van der Waals surface area contributed by atoms with Crippen LogP contribution in [0.2, 0.25) is 0 Å². The van der Waals surface area contributed by atoms with E-state index in [4.69, 9.17) is 10.6 Å². The van der Waals surface area contributed by atoms with Gasteiger partial charge in [0.1, 0.15) is 0 Å². The Bertz CT molecular complexity index is 159. The smallest absolute Gasteiger partial charge is 0.0742 e. The van der Waals surface area contributed by atoms with Gasteiger partial charge in [0.25, 0.3) is 0 Å². The zero-order valence-electron chi connectivity index (χ0n) is 9.68. The average Bonchev–Trinajstić information content (AvgIpc) is 2.56. The number of rotatable bonds is 4. The molecule has 0 aromatic heterocycles. The molecular weight excluding hydrogens is 176 g/mol. The van der Waals surface area contributed by atoms with Gasteiger partial charge in [-0.15, -0.1) is 0 Å². The Balaban J connectivity index is 2.31. The summed E-state index contributed by atoms with van der Waals surface area (Å²) < 4.78 is 5.63. The highest BCUT2D eigenvalue weighted by molar-refractivity contribution is 4.80. The molecule has 0 radical (unpaired) electrons. The lowest BCUT2D eigenvalue weighted by molar-refractivity contribution is 0.0716. The maximum Gasteiger partial charge on any atom is 0.0742 e. The van der Waals surface area contributed by atoms with E-state index in [1.807, 2.05) is 0 Å². The van der Waals surface area contributed by atoms with E-state index in [9.17, 15) is 0 Å². The van der Waals surface area contributed by atoms with Gasteiger partial charge < -0.3 is 4.74 Å². The Kier molecular flexibility index (Phi) is 4.35. The van der Waals surface area contributed by atoms with E-state index in [0.717, 1.165) is 19.4 Å². The van der Waals surface area contributed by atoms with Crippen molar-refractivity contribution in [2.45, 2.75) is 58.6 Å². The van der Waals surface area contributed by atoms with Crippen molar-refractivity contribution in [1.82, 2.24) is 5.43 Å². The van der Waals surface area contributed by atoms with Crippen LogP contribution in [0.1, 0.15) is 46.5 Å². The van der Waals surface area contributed by atoms with Gasteiger partial charge in [0.2, 0.25) is 0 Å². The lowest BCUT2D eigenvalue weighted by Gasteiger charge is -2.26. The van der Waals surface area contributed by atoms with Crippen molar-refractivity contribution in [3.05, 3.63) is 0 Å². The minimum absolute atomic E-state index is 0.330. The quantitative estimate of drug-likeness (QED) is 0.537. The van der Waals surface area contributed by atoms with E-state index in [2.05, 4.69) is 26.2 Å². The first-order valence-electron chi connectivity index (χ1n) is 5.61. The van der Waals surface area contributed by atoms with Crippen molar-refractivity contribution in [3.63, 3.8) is 0 Å². The van der Waals surface area contributed by atoms with Crippen LogP contribution >= 0.6 is 0 Å². The Labute approximate surface area is 87.4 Å². The van der Waals surface area contributed by atoms with E-state index in [-0.39, 0.29) is 0 Å². The van der Waals surface area contributed by atoms with Gasteiger partial charge in [0.15, 0.2) is 0 Å². The lowest BCUT2D eigenvalue weighted by Crippen LogP contribution is -2.44. The minimum Gasteiger partial charge on any atom is -0.377 e. The van der Waals surface area contributed by atoms with Crippen molar-refractivity contribution in [1.29, 1.82) is 0 Å². The maximum absolute atomic E-state index is 5.63. The zero-order valence-corrected chi connectivity index (χ0v) is 9.68. The van der Waals surface area contributed by atoms with Crippen LogP contribution in [0.25, 0.3) is 0 Å². The van der Waals surface area contributed by atoms with Crippen LogP contribution in [0, 0.1) is 5.41 Å². The van der Waals surface area contributed by atoms with E-state index < -0.39 is 0 Å². The minimum atomic E-state index is 0.330. The summed E-state index contributed by atoms with van der Waals surface area (Å²) in [5, 5.41) is 0. The van der Waals surface area contributed by atoms with Gasteiger partial charge in [-0.3, -0.25) is 11.3 Å². The van der Waals surface area contributed by atoms with Crippen molar-refractivity contribution < 1.29 is 4.74 Å². The molecule has 84 valence electrons. The standard InChI is InChI=1S/C11H24N2O/c1-11(2,3)7-6-9(13-12)10-5-4-8-14-10/h9-10,13H,4-8,12H2,1-3H3. The summed E-state index contributed by atoms with van der Waals surface area (Å²) in [6.07, 6.45) is 4.95. The average molecular weight is 200 g/mol. The molecule has 2 atom stereocenters. The number of nitrogens with two attached hydrogens (primary N) is 1. The lowest BCUT2D eigenvalue weighted by atomic mass is 9.87. The van der Waals surface area contributed by atoms with E-state index in [1.165, 1.54) is 12.8 Å². The number of hydrazine groups is 1. The molecule has 14 heavy (non-hydrogen) atoms. The Morgan fingerprint density at radius 2 is 2.21 bits per heavy atom. The van der Waals surface area contributed by atoms with E-state index >= 15 is 0 Å². The van der Waals surface area contributed by atoms with Crippen molar-refractivity contribution >= 4 is 0 Å². The highest BCUT2D eigenvalue weighted by Gasteiger charge is 2.26. The molecule has 1 aliphatic heterocycles. The molecule has 0 aromatic rings. The third kappa shape index (κ3) is 3.95. The second-order valence-corrected chi connectivity index (χ2v) is 5.42. The van der Waals surface area contributed by atoms with Gasteiger partial charge in [0, 0.05) is 12.6 Å². The molecule has 1 rings (SSSR count). The van der Waals surface area contributed by atoms with Gasteiger partial charge in [-0.2, -0.15) is 0 Å². The molecule has 0 aliphatic carbocycles. The van der Waals surface area contributed by atoms with Crippen LogP contribution in [-0.2, 0) is 4.74 Å². The Hall–Kier alpha value is -0.120. The summed E-state index contributed by atoms with van der Waals surface area (Å²) in [5.41, 5.74) is 3.27. The predicted octanol–water partition coefficient (Wildman–Crippen LogP) is 1.82. The highest BCUT2D eigenvalue weighted by Crippen LogP contribution is 2.25. The predicted molar refractivity (Wildman–Crippen MR) is 58.8 cm³/mol. The molecule has 2 unspecified atom stereocenters. The molecule has 0 saturated carbocycles. The normalized spacial score (nSPS) is 25.3. The Morgan fingerprint density at radius 3 is 2.64 bits per heavy atom. The van der Waals surface area contributed by atoms with Crippen LogP contribution < -0.4 is 11.3 Å². The number of hydrogen-bond acceptors (Lipinski definition) is 3. The van der Waals surface area contributed by atoms with E-state index in [0.29, 0.717) is 17.6 Å². The molecule has 0 amide bonds. The van der Waals surface area contributed by atoms with Gasteiger partial charge in [-0.05, 0) is 31.1 Å². The number of nitrogens with one attached hydrogen (secondary N) is 1. The first-order chi connectivity index (χ1) is 6.53. The van der Waals surface area contributed by atoms with Crippen molar-refractivity contribution in [3.8, 4) is 0 Å². The topological polar surface area (TPSA) is 47.3 Å². The van der Waals surface area contributed by atoms with Gasteiger partial charge in [-0.25, -0.2) is 0 Å². The molecule has 1 heterocycles. The second-order valence-electron chi connectivity index (χ2n) is 5.42. The summed E-state index contributed by atoms with van der Waals surface area (Å²) in [5.74, 6) is 5.55. The third-order valence-electron chi connectivity index (χ3n) is 2.83. The Morgan fingerprint density at radius 1 is 1.50 bits per heavy atom. The van der Waals surface area contributed by atoms with Crippen LogP contribution in [0.4, 0.5) is 0 Å². The molecule has 0 spiro atoms. The zero-order chi connectivity index (χ0) is 10.6. The van der Waals surface area contributed by atoms with Gasteiger partial charge >= 0.3 is 0 Å². The molecule has 0 bridgehead atoms. The SMILES string of the molecule is CC(C)(C)CCC(NN)C1CCCO1. The molecule has 0 aromatic carbocycles. The fourth-order valence-electron chi connectivity index (χ4n) is 1.88. The molecule has 3 N–H and O–H groups in total. The third-order valence-corrected chi connectivity index (χ3v) is 2.83. The van der Waals surface area contributed by atoms with Gasteiger partial charge in [-0.1, -0.05) is 20.8 Å². The fourth-order valence-corrected chi connectivity index (χ4v) is 1.88. The maximum atomic E-state index is 5.63. The first kappa shape index (κ1) is 12.0. The van der Waals surface area contributed by atoms with E-state index in [1.54, 1.807) is 0 Å². The molecular formula is C11H24N2O. The summed E-state index contributed by atoms with van der Waals surface area (Å²) in [4.78, 5) is 0. The molecule has 3 heteroatoms. The summed E-state index contributed by atoms with van der Waals surface area (Å²) in [7, 11) is 0. The largest absolute Gasteiger partial charge is 0.377 e. The van der Waals surface area contributed by atoms with Crippen LogP contribution in [-0.4, -0.2) is 18.8 Å². The van der Waals surface area contributed by atoms with Crippen LogP contribution in [0.5, 0.6) is 0 Å². The number of ether oxygens (including phenoxy) is 1. The summed E-state index contributed by atoms with van der Waals surface area (Å²) >= 11 is 0. The van der Waals surface area contributed by atoms with Gasteiger partial charge in [0.05, 0.1) is 6.10 Å². The summed E-state index contributed by atoms with van der Waals surface area (Å²) in [6, 6.07) is 0.330. The monoisotopic (exact) mass is 200 g/mol. The summed E-state index contributed by atoms with van der Waals surface area (Å²) in [6.45, 7) is 7.68. The first-order valence-corrected chi connectivity index (χ1v) is 5.61. The molecule has 1 aliphatic rings.